The average Bonchev–Trinajstić information content (AvgIpc) is 3.14. The van der Waals surface area contributed by atoms with Gasteiger partial charge in [0.1, 0.15) is 30.5 Å². The minimum absolute atomic E-state index is 0.273. The molecule has 1 saturated heterocycles. The van der Waals surface area contributed by atoms with Crippen LogP contribution in [0.2, 0.25) is 0 Å². The molecular formula is C42H77NO9. The molecule has 0 aromatic carbocycles. The summed E-state index contributed by atoms with van der Waals surface area (Å²) in [7, 11) is 0. The maximum atomic E-state index is 13.0. The van der Waals surface area contributed by atoms with Crippen molar-refractivity contribution in [3.63, 3.8) is 0 Å². The molecule has 0 aromatic heterocycles. The van der Waals surface area contributed by atoms with Crippen molar-refractivity contribution < 1.29 is 44.9 Å². The van der Waals surface area contributed by atoms with Gasteiger partial charge in [0.15, 0.2) is 6.29 Å². The molecule has 7 N–H and O–H groups in total. The van der Waals surface area contributed by atoms with Gasteiger partial charge in [0, 0.05) is 0 Å². The number of aliphatic hydroxyl groups is 6. The molecule has 1 heterocycles. The summed E-state index contributed by atoms with van der Waals surface area (Å²) in [6, 6.07) is -1.00. The Morgan fingerprint density at radius 3 is 1.67 bits per heavy atom. The first-order valence-corrected chi connectivity index (χ1v) is 20.8. The van der Waals surface area contributed by atoms with Crippen LogP contribution in [0, 0.1) is 0 Å². The topological polar surface area (TPSA) is 169 Å². The zero-order valence-electron chi connectivity index (χ0n) is 32.7. The maximum Gasteiger partial charge on any atom is 0.249 e. The molecule has 1 rings (SSSR count). The number of nitrogens with one attached hydrogen (secondary N) is 1. The van der Waals surface area contributed by atoms with Crippen LogP contribution in [0.5, 0.6) is 0 Å². The van der Waals surface area contributed by atoms with E-state index in [4.69, 9.17) is 9.47 Å². The zero-order chi connectivity index (χ0) is 38.2. The van der Waals surface area contributed by atoms with Gasteiger partial charge in [0.25, 0.3) is 0 Å². The number of allylic oxidation sites excluding steroid dienone is 5. The lowest BCUT2D eigenvalue weighted by atomic mass is 9.99. The lowest BCUT2D eigenvalue weighted by Gasteiger charge is -2.40. The molecule has 1 fully saturated rings. The Morgan fingerprint density at radius 2 is 1.13 bits per heavy atom. The lowest BCUT2D eigenvalue weighted by molar-refractivity contribution is -0.302. The van der Waals surface area contributed by atoms with E-state index in [0.717, 1.165) is 32.1 Å². The molecule has 0 bridgehead atoms. The van der Waals surface area contributed by atoms with E-state index in [0.29, 0.717) is 12.8 Å². The third kappa shape index (κ3) is 23.2. The highest BCUT2D eigenvalue weighted by molar-refractivity contribution is 5.80. The number of unbranched alkanes of at least 4 members (excludes halogenated alkanes) is 18. The first-order chi connectivity index (χ1) is 25.3. The molecule has 10 nitrogen and oxygen atoms in total. The largest absolute Gasteiger partial charge is 0.394 e. The highest BCUT2D eigenvalue weighted by Crippen LogP contribution is 2.22. The molecule has 0 radical (unpaired) electrons. The summed E-state index contributed by atoms with van der Waals surface area (Å²) in [6.45, 7) is 3.54. The first kappa shape index (κ1) is 48.4. The maximum absolute atomic E-state index is 13.0. The minimum atomic E-state index is -1.62. The Balaban J connectivity index is 2.54. The van der Waals surface area contributed by atoms with Crippen molar-refractivity contribution >= 4 is 5.91 Å². The Morgan fingerprint density at radius 1 is 0.654 bits per heavy atom. The fraction of sp³-hybridized carbons (Fsp3) is 0.833. The second-order valence-electron chi connectivity index (χ2n) is 14.6. The molecule has 0 saturated carbocycles. The summed E-state index contributed by atoms with van der Waals surface area (Å²) in [6.07, 6.45) is 28.1. The quantitative estimate of drug-likeness (QED) is 0.0287. The van der Waals surface area contributed by atoms with Crippen LogP contribution in [0.3, 0.4) is 0 Å². The first-order valence-electron chi connectivity index (χ1n) is 20.8. The molecule has 304 valence electrons. The summed E-state index contributed by atoms with van der Waals surface area (Å²) >= 11 is 0. The monoisotopic (exact) mass is 740 g/mol. The van der Waals surface area contributed by atoms with Crippen LogP contribution in [0.25, 0.3) is 0 Å². The van der Waals surface area contributed by atoms with Crippen molar-refractivity contribution in [3.05, 3.63) is 36.5 Å². The number of aliphatic hydroxyl groups excluding tert-OH is 6. The van der Waals surface area contributed by atoms with Gasteiger partial charge in [-0.3, -0.25) is 4.79 Å². The number of carbonyl (C=O) groups is 1. The van der Waals surface area contributed by atoms with Crippen LogP contribution in [-0.2, 0) is 14.3 Å². The number of hydrogen-bond acceptors (Lipinski definition) is 9. The van der Waals surface area contributed by atoms with E-state index in [1.54, 1.807) is 6.08 Å². The zero-order valence-corrected chi connectivity index (χ0v) is 32.7. The molecule has 8 atom stereocenters. The Kier molecular flexibility index (Phi) is 30.5. The van der Waals surface area contributed by atoms with Gasteiger partial charge in [0.05, 0.1) is 25.4 Å². The normalized spacial score (nSPS) is 22.8. The van der Waals surface area contributed by atoms with Gasteiger partial charge in [-0.2, -0.15) is 0 Å². The van der Waals surface area contributed by atoms with E-state index < -0.39 is 61.5 Å². The molecule has 1 amide bonds. The Hall–Kier alpha value is -1.63. The van der Waals surface area contributed by atoms with E-state index in [2.05, 4.69) is 43.5 Å². The van der Waals surface area contributed by atoms with Gasteiger partial charge in [0.2, 0.25) is 5.91 Å². The summed E-state index contributed by atoms with van der Waals surface area (Å²) in [5.74, 6) is -0.645. The molecule has 0 aromatic rings. The molecule has 8 unspecified atom stereocenters. The number of hydrogen-bond donors (Lipinski definition) is 7. The van der Waals surface area contributed by atoms with Gasteiger partial charge in [-0.05, 0) is 57.8 Å². The van der Waals surface area contributed by atoms with Crippen LogP contribution in [0.4, 0.5) is 0 Å². The summed E-state index contributed by atoms with van der Waals surface area (Å²) in [5, 5.41) is 64.3. The number of ether oxygens (including phenoxy) is 2. The highest BCUT2D eigenvalue weighted by Gasteiger charge is 2.44. The third-order valence-corrected chi connectivity index (χ3v) is 9.79. The molecule has 1 aliphatic heterocycles. The summed E-state index contributed by atoms with van der Waals surface area (Å²) in [5.41, 5.74) is 0. The van der Waals surface area contributed by atoms with E-state index in [1.165, 1.54) is 96.3 Å². The average molecular weight is 740 g/mol. The highest BCUT2D eigenvalue weighted by atomic mass is 16.7. The predicted octanol–water partition coefficient (Wildman–Crippen LogP) is 6.69. The van der Waals surface area contributed by atoms with Crippen molar-refractivity contribution in [2.24, 2.45) is 0 Å². The Bertz CT molecular complexity index is 927. The van der Waals surface area contributed by atoms with E-state index in [1.807, 2.05) is 6.08 Å². The van der Waals surface area contributed by atoms with Crippen molar-refractivity contribution in [2.45, 2.75) is 210 Å². The van der Waals surface area contributed by atoms with Crippen LogP contribution in [-0.4, -0.2) is 98.7 Å². The number of carbonyl (C=O) groups excluding carboxylic acids is 1. The van der Waals surface area contributed by atoms with Crippen LogP contribution >= 0.6 is 0 Å². The van der Waals surface area contributed by atoms with E-state index in [-0.39, 0.29) is 13.0 Å². The van der Waals surface area contributed by atoms with Gasteiger partial charge in [-0.1, -0.05) is 140 Å². The van der Waals surface area contributed by atoms with E-state index in [9.17, 15) is 35.4 Å². The third-order valence-electron chi connectivity index (χ3n) is 9.79. The standard InChI is InChI=1S/C42H77NO9/c1-3-5-7-9-11-13-15-17-19-20-22-24-26-28-30-35(45)34(33-51-42-40(49)39(48)38(47)37(32-44)52-42)43-41(50)36(46)31-29-27-25-23-21-18-16-14-12-10-8-6-4-2/h20-23,28,30,34-40,42,44-49H,3-19,24-27,29,31-33H2,1-2H3,(H,43,50)/b22-20+,23-21-,30-28+. The SMILES string of the molecule is CCCCCCCCC/C=C\CCCCC(O)C(=O)NC(COC1OC(CO)C(O)C(O)C1O)C(O)/C=C/CC/C=C/CCCCCCCCCC. The van der Waals surface area contributed by atoms with Crippen molar-refractivity contribution in [2.75, 3.05) is 13.2 Å². The van der Waals surface area contributed by atoms with Crippen LogP contribution in [0.15, 0.2) is 36.5 Å². The number of amides is 1. The molecule has 0 aliphatic carbocycles. The Labute approximate surface area is 315 Å². The van der Waals surface area contributed by atoms with E-state index >= 15 is 0 Å². The summed E-state index contributed by atoms with van der Waals surface area (Å²) < 4.78 is 11.1. The van der Waals surface area contributed by atoms with Crippen molar-refractivity contribution in [3.8, 4) is 0 Å². The smallest absolute Gasteiger partial charge is 0.249 e. The van der Waals surface area contributed by atoms with Gasteiger partial charge in [-0.25, -0.2) is 0 Å². The fourth-order valence-corrected chi connectivity index (χ4v) is 6.29. The van der Waals surface area contributed by atoms with Crippen molar-refractivity contribution in [1.82, 2.24) is 5.32 Å². The van der Waals surface area contributed by atoms with Crippen LogP contribution < -0.4 is 5.32 Å². The molecular weight excluding hydrogens is 662 g/mol. The summed E-state index contributed by atoms with van der Waals surface area (Å²) in [4.78, 5) is 13.0. The molecule has 52 heavy (non-hydrogen) atoms. The molecule has 10 heteroatoms. The second-order valence-corrected chi connectivity index (χ2v) is 14.6. The second kappa shape index (κ2) is 32.8. The van der Waals surface area contributed by atoms with Gasteiger partial charge >= 0.3 is 0 Å². The van der Waals surface area contributed by atoms with Crippen molar-refractivity contribution in [1.29, 1.82) is 0 Å². The molecule has 0 spiro atoms. The predicted molar refractivity (Wildman–Crippen MR) is 209 cm³/mol. The lowest BCUT2D eigenvalue weighted by Crippen LogP contribution is -2.60. The minimum Gasteiger partial charge on any atom is -0.394 e. The number of rotatable bonds is 33. The molecule has 1 aliphatic rings. The van der Waals surface area contributed by atoms with Gasteiger partial charge < -0.3 is 45.4 Å². The fourth-order valence-electron chi connectivity index (χ4n) is 6.29. The van der Waals surface area contributed by atoms with Crippen LogP contribution in [0.1, 0.15) is 162 Å². The van der Waals surface area contributed by atoms with Gasteiger partial charge in [-0.15, -0.1) is 0 Å².